The van der Waals surface area contributed by atoms with E-state index in [0.29, 0.717) is 5.17 Å². The number of nitrogens with zero attached hydrogens (tertiary/aromatic N) is 2. The Hall–Kier alpha value is -2.41. The first-order valence-electron chi connectivity index (χ1n) is 5.64. The summed E-state index contributed by atoms with van der Waals surface area (Å²) in [5.74, 6) is -0.981. The number of carbonyl (C=O) groups excluding carboxylic acids is 2. The van der Waals surface area contributed by atoms with E-state index in [2.05, 4.69) is 20.3 Å². The average molecular weight is 289 g/mol. The molecule has 1 aliphatic rings. The quantitative estimate of drug-likeness (QED) is 0.393. The summed E-state index contributed by atoms with van der Waals surface area (Å²) in [6.07, 6.45) is 2.69. The number of nitrogens with one attached hydrogen (secondary N) is 1. The fraction of sp³-hybridized carbons (Fsp3) is 0.0769. The first kappa shape index (κ1) is 14.0. The van der Waals surface area contributed by atoms with Crippen LogP contribution in [0.2, 0.25) is 0 Å². The zero-order valence-electron chi connectivity index (χ0n) is 10.6. The Morgan fingerprint density at radius 3 is 2.80 bits per heavy atom. The van der Waals surface area contributed by atoms with Crippen molar-refractivity contribution in [1.29, 1.82) is 0 Å². The number of hydrogen-bond acceptors (Lipinski definition) is 6. The Kier molecular flexibility index (Phi) is 4.67. The molecule has 0 spiro atoms. The minimum absolute atomic E-state index is 0.227. The molecule has 1 heterocycles. The molecule has 1 aromatic carbocycles. The summed E-state index contributed by atoms with van der Waals surface area (Å²) in [5, 5.41) is 10.6. The summed E-state index contributed by atoms with van der Waals surface area (Å²) >= 11 is 1.03. The van der Waals surface area contributed by atoms with Gasteiger partial charge in [0.05, 0.1) is 18.2 Å². The van der Waals surface area contributed by atoms with E-state index in [0.717, 1.165) is 23.4 Å². The number of thioether (sulfide) groups is 1. The highest BCUT2D eigenvalue weighted by molar-refractivity contribution is 8.18. The summed E-state index contributed by atoms with van der Waals surface area (Å²) in [6.45, 7) is 0. The smallest absolute Gasteiger partial charge is 0.331 e. The number of benzene rings is 1. The third-order valence-electron chi connectivity index (χ3n) is 2.26. The standard InChI is InChI=1S/C13H11N3O3S/c1-19-11(17)7-10-12(18)15-13(20-10)16-14-8-9-5-3-2-4-6-9/h2-8H,1H3,(H,15,16,18)/b10-7+,14-8+. The van der Waals surface area contributed by atoms with Crippen LogP contribution in [0.5, 0.6) is 0 Å². The Morgan fingerprint density at radius 1 is 1.35 bits per heavy atom. The molecule has 7 heteroatoms. The molecule has 6 nitrogen and oxygen atoms in total. The van der Waals surface area contributed by atoms with Crippen molar-refractivity contribution in [2.45, 2.75) is 0 Å². The second-order valence-electron chi connectivity index (χ2n) is 3.65. The third kappa shape index (κ3) is 3.79. The van der Waals surface area contributed by atoms with Gasteiger partial charge in [0.2, 0.25) is 0 Å². The minimum Gasteiger partial charge on any atom is -0.466 e. The van der Waals surface area contributed by atoms with Crippen LogP contribution in [0.1, 0.15) is 5.56 Å². The largest absolute Gasteiger partial charge is 0.466 e. The summed E-state index contributed by atoms with van der Waals surface area (Å²) < 4.78 is 4.46. The molecule has 20 heavy (non-hydrogen) atoms. The van der Waals surface area contributed by atoms with Crippen LogP contribution in [0.4, 0.5) is 0 Å². The highest BCUT2D eigenvalue weighted by atomic mass is 32.2. The highest BCUT2D eigenvalue weighted by Crippen LogP contribution is 2.23. The monoisotopic (exact) mass is 289 g/mol. The van der Waals surface area contributed by atoms with Crippen molar-refractivity contribution in [3.63, 3.8) is 0 Å². The molecule has 1 N–H and O–H groups in total. The molecule has 0 aliphatic carbocycles. The normalized spacial score (nSPS) is 18.8. The van der Waals surface area contributed by atoms with Crippen LogP contribution in [-0.2, 0) is 14.3 Å². The van der Waals surface area contributed by atoms with Crippen LogP contribution in [-0.4, -0.2) is 30.4 Å². The predicted octanol–water partition coefficient (Wildman–Crippen LogP) is 1.30. The van der Waals surface area contributed by atoms with Crippen LogP contribution < -0.4 is 5.32 Å². The Bertz CT molecular complexity index is 609. The van der Waals surface area contributed by atoms with E-state index in [-0.39, 0.29) is 4.91 Å². The molecule has 1 fully saturated rings. The van der Waals surface area contributed by atoms with E-state index in [4.69, 9.17) is 0 Å². The fourth-order valence-electron chi connectivity index (χ4n) is 1.33. The number of amides is 1. The van der Waals surface area contributed by atoms with Crippen molar-refractivity contribution in [1.82, 2.24) is 5.32 Å². The molecule has 0 atom stereocenters. The summed E-state index contributed by atoms with van der Waals surface area (Å²) in [7, 11) is 1.25. The predicted molar refractivity (Wildman–Crippen MR) is 77.3 cm³/mol. The number of amidine groups is 1. The van der Waals surface area contributed by atoms with E-state index >= 15 is 0 Å². The number of hydrogen-bond donors (Lipinski definition) is 1. The lowest BCUT2D eigenvalue weighted by Crippen LogP contribution is -2.19. The van der Waals surface area contributed by atoms with Crippen molar-refractivity contribution in [2.75, 3.05) is 7.11 Å². The number of rotatable bonds is 3. The zero-order chi connectivity index (χ0) is 14.4. The van der Waals surface area contributed by atoms with Crippen molar-refractivity contribution in [3.8, 4) is 0 Å². The highest BCUT2D eigenvalue weighted by Gasteiger charge is 2.24. The number of esters is 1. The van der Waals surface area contributed by atoms with Crippen LogP contribution >= 0.6 is 11.8 Å². The van der Waals surface area contributed by atoms with Gasteiger partial charge in [0.25, 0.3) is 5.91 Å². The molecule has 102 valence electrons. The third-order valence-corrected chi connectivity index (χ3v) is 3.16. The molecule has 0 unspecified atom stereocenters. The Balaban J connectivity index is 2.03. The number of carbonyl (C=O) groups is 2. The molecule has 0 radical (unpaired) electrons. The van der Waals surface area contributed by atoms with Gasteiger partial charge in [-0.05, 0) is 17.3 Å². The Labute approximate surface area is 119 Å². The van der Waals surface area contributed by atoms with E-state index in [1.807, 2.05) is 30.3 Å². The van der Waals surface area contributed by atoms with Gasteiger partial charge in [-0.2, -0.15) is 5.10 Å². The number of methoxy groups -OCH3 is 1. The molecule has 0 aromatic heterocycles. The van der Waals surface area contributed by atoms with Crippen molar-refractivity contribution in [3.05, 3.63) is 46.9 Å². The molecule has 2 rings (SSSR count). The first-order chi connectivity index (χ1) is 9.69. The maximum Gasteiger partial charge on any atom is 0.331 e. The first-order valence-corrected chi connectivity index (χ1v) is 6.45. The molecule has 1 amide bonds. The van der Waals surface area contributed by atoms with E-state index < -0.39 is 11.9 Å². The van der Waals surface area contributed by atoms with Gasteiger partial charge in [0.15, 0.2) is 5.17 Å². The molecule has 1 aromatic rings. The molecular weight excluding hydrogens is 278 g/mol. The molecule has 1 aliphatic heterocycles. The van der Waals surface area contributed by atoms with Crippen molar-refractivity contribution >= 4 is 35.0 Å². The minimum atomic E-state index is -0.586. The van der Waals surface area contributed by atoms with E-state index in [1.54, 1.807) is 6.21 Å². The molecule has 0 saturated carbocycles. The van der Waals surface area contributed by atoms with Crippen molar-refractivity contribution < 1.29 is 14.3 Å². The second-order valence-corrected chi connectivity index (χ2v) is 4.68. The fourth-order valence-corrected chi connectivity index (χ4v) is 2.07. The molecule has 0 bridgehead atoms. The molecule has 1 saturated heterocycles. The van der Waals surface area contributed by atoms with Gasteiger partial charge >= 0.3 is 5.97 Å². The lowest BCUT2D eigenvalue weighted by Gasteiger charge is -1.90. The van der Waals surface area contributed by atoms with Gasteiger partial charge in [0.1, 0.15) is 0 Å². The summed E-state index contributed by atoms with van der Waals surface area (Å²) in [5.41, 5.74) is 0.900. The lowest BCUT2D eigenvalue weighted by molar-refractivity contribution is -0.135. The maximum absolute atomic E-state index is 11.5. The second kappa shape index (κ2) is 6.67. The van der Waals surface area contributed by atoms with Gasteiger partial charge in [-0.25, -0.2) is 4.79 Å². The topological polar surface area (TPSA) is 80.1 Å². The van der Waals surface area contributed by atoms with Gasteiger partial charge in [-0.15, -0.1) is 5.10 Å². The van der Waals surface area contributed by atoms with E-state index in [9.17, 15) is 9.59 Å². The Morgan fingerprint density at radius 2 is 2.10 bits per heavy atom. The molecular formula is C13H11N3O3S. The van der Waals surface area contributed by atoms with Crippen molar-refractivity contribution in [2.24, 2.45) is 10.2 Å². The zero-order valence-corrected chi connectivity index (χ0v) is 11.4. The van der Waals surface area contributed by atoms with Crippen LogP contribution in [0, 0.1) is 0 Å². The van der Waals surface area contributed by atoms with Gasteiger partial charge in [-0.1, -0.05) is 30.3 Å². The van der Waals surface area contributed by atoms with Gasteiger partial charge in [0, 0.05) is 6.08 Å². The average Bonchev–Trinajstić information content (AvgIpc) is 2.80. The van der Waals surface area contributed by atoms with Crippen LogP contribution in [0.15, 0.2) is 51.5 Å². The SMILES string of the molecule is COC(=O)/C=C1/S/C(=N/N=C/c2ccccc2)NC1=O. The van der Waals surface area contributed by atoms with Crippen LogP contribution in [0.3, 0.4) is 0 Å². The van der Waals surface area contributed by atoms with Crippen LogP contribution in [0.25, 0.3) is 0 Å². The lowest BCUT2D eigenvalue weighted by atomic mass is 10.2. The summed E-state index contributed by atoms with van der Waals surface area (Å²) in [4.78, 5) is 22.8. The number of ether oxygens (including phenoxy) is 1. The maximum atomic E-state index is 11.5. The van der Waals surface area contributed by atoms with E-state index in [1.165, 1.54) is 7.11 Å². The van der Waals surface area contributed by atoms with Gasteiger partial charge < -0.3 is 4.74 Å². The van der Waals surface area contributed by atoms with Gasteiger partial charge in [-0.3, -0.25) is 10.1 Å². The summed E-state index contributed by atoms with van der Waals surface area (Å²) in [6, 6.07) is 9.44.